The molecule has 2 atom stereocenters. The second kappa shape index (κ2) is 6.18. The fourth-order valence-electron chi connectivity index (χ4n) is 5.16. The van der Waals surface area contributed by atoms with Crippen LogP contribution in [0.5, 0.6) is 5.75 Å². The van der Waals surface area contributed by atoms with Gasteiger partial charge < -0.3 is 20.5 Å². The van der Waals surface area contributed by atoms with Gasteiger partial charge in [0.05, 0.1) is 11.1 Å². The number of hydrogen-bond acceptors (Lipinski definition) is 6. The van der Waals surface area contributed by atoms with E-state index in [9.17, 15) is 14.7 Å². The van der Waals surface area contributed by atoms with Crippen molar-refractivity contribution in [3.05, 3.63) is 63.0 Å². The van der Waals surface area contributed by atoms with Crippen LogP contribution in [-0.2, 0) is 6.61 Å². The third-order valence-electron chi connectivity index (χ3n) is 6.69. The van der Waals surface area contributed by atoms with Crippen molar-refractivity contribution in [3.8, 4) is 5.75 Å². The van der Waals surface area contributed by atoms with E-state index in [1.54, 1.807) is 9.78 Å². The third kappa shape index (κ3) is 2.30. The van der Waals surface area contributed by atoms with Gasteiger partial charge in [0.2, 0.25) is 5.43 Å². The number of nitrogens with two attached hydrogens (primary N) is 1. The topological polar surface area (TPSA) is 97.3 Å². The zero-order chi connectivity index (χ0) is 21.5. The van der Waals surface area contributed by atoms with Gasteiger partial charge in [0.25, 0.3) is 0 Å². The van der Waals surface area contributed by atoms with Crippen LogP contribution in [0.1, 0.15) is 16.1 Å². The molecule has 6 rings (SSSR count). The Labute approximate surface area is 179 Å². The molecule has 0 spiro atoms. The predicted octanol–water partition coefficient (Wildman–Crippen LogP) is 2.75. The molecule has 4 heterocycles. The summed E-state index contributed by atoms with van der Waals surface area (Å²) in [6.45, 7) is 1.69. The summed E-state index contributed by atoms with van der Waals surface area (Å²) in [5, 5.41) is 11.4. The number of carboxylic acid groups (broad SMARTS) is 1. The highest BCUT2D eigenvalue weighted by Crippen LogP contribution is 2.48. The van der Waals surface area contributed by atoms with Crippen molar-refractivity contribution in [1.29, 1.82) is 0 Å². The zero-order valence-electron chi connectivity index (χ0n) is 16.3. The molecule has 3 aromatic rings. The monoisotopic (exact) mass is 439 g/mol. The molecule has 2 aliphatic heterocycles. The summed E-state index contributed by atoms with van der Waals surface area (Å²) in [6.07, 6.45) is 8.13. The Morgan fingerprint density at radius 1 is 1.42 bits per heavy atom. The number of benzene rings is 1. The van der Waals surface area contributed by atoms with Crippen molar-refractivity contribution in [3.63, 3.8) is 0 Å². The Morgan fingerprint density at radius 3 is 3.00 bits per heavy atom. The number of aromatic nitrogens is 1. The highest BCUT2D eigenvalue weighted by atomic mass is 32.1. The highest BCUT2D eigenvalue weighted by Gasteiger charge is 2.45. The molecule has 1 saturated heterocycles. The number of anilines is 1. The minimum absolute atomic E-state index is 0.00967. The van der Waals surface area contributed by atoms with Gasteiger partial charge >= 0.3 is 5.97 Å². The molecule has 158 valence electrons. The summed E-state index contributed by atoms with van der Waals surface area (Å²) in [5.41, 5.74) is 6.24. The molecular weight excluding hydrogens is 421 g/mol. The molecule has 0 saturated carbocycles. The highest BCUT2D eigenvalue weighted by molar-refractivity contribution is 7.16. The van der Waals surface area contributed by atoms with Crippen LogP contribution in [0.3, 0.4) is 0 Å². The summed E-state index contributed by atoms with van der Waals surface area (Å²) in [5.74, 6) is -1.50. The largest absolute Gasteiger partial charge is 0.483 e. The number of fused-ring (bicyclic) bond motifs is 1. The predicted molar refractivity (Wildman–Crippen MR) is 116 cm³/mol. The van der Waals surface area contributed by atoms with Crippen molar-refractivity contribution in [2.24, 2.45) is 17.1 Å². The maximum Gasteiger partial charge on any atom is 0.342 e. The van der Waals surface area contributed by atoms with Crippen molar-refractivity contribution in [2.45, 2.75) is 6.61 Å². The third-order valence-corrected chi connectivity index (χ3v) is 7.69. The molecular formula is C22H18FN3O4S. The number of carbonyl (C=O) groups is 1. The first-order valence-corrected chi connectivity index (χ1v) is 10.8. The molecule has 2 aromatic heterocycles. The van der Waals surface area contributed by atoms with E-state index in [4.69, 9.17) is 10.5 Å². The van der Waals surface area contributed by atoms with Gasteiger partial charge in [0, 0.05) is 36.3 Å². The van der Waals surface area contributed by atoms with Gasteiger partial charge in [-0.2, -0.15) is 0 Å². The van der Waals surface area contributed by atoms with E-state index < -0.39 is 17.2 Å². The first-order valence-electron chi connectivity index (χ1n) is 9.93. The van der Waals surface area contributed by atoms with Crippen LogP contribution in [-0.4, -0.2) is 35.1 Å². The second-order valence-corrected chi connectivity index (χ2v) is 9.12. The van der Waals surface area contributed by atoms with Gasteiger partial charge in [0.1, 0.15) is 28.2 Å². The van der Waals surface area contributed by atoms with Gasteiger partial charge in [-0.1, -0.05) is 24.3 Å². The fourth-order valence-corrected chi connectivity index (χ4v) is 6.19. The summed E-state index contributed by atoms with van der Waals surface area (Å²) in [6, 6.07) is 1.15. The first kappa shape index (κ1) is 18.6. The van der Waals surface area contributed by atoms with Crippen LogP contribution in [0.2, 0.25) is 0 Å². The lowest BCUT2D eigenvalue weighted by molar-refractivity contribution is 0.0697. The van der Waals surface area contributed by atoms with E-state index in [0.717, 1.165) is 11.8 Å². The summed E-state index contributed by atoms with van der Waals surface area (Å²) >= 11 is 1.18. The van der Waals surface area contributed by atoms with Crippen LogP contribution >= 0.6 is 11.3 Å². The van der Waals surface area contributed by atoms with E-state index >= 15 is 4.39 Å². The molecule has 1 aliphatic carbocycles. The normalized spacial score (nSPS) is 23.7. The Morgan fingerprint density at radius 2 is 2.26 bits per heavy atom. The SMILES string of the molecule is NCC12C=CC=CC1CN(c1c(F)cc3c(=O)c(C(=O)O)c4scc5n4c3c1OC5)C2. The number of carboxylic acids is 1. The van der Waals surface area contributed by atoms with E-state index in [2.05, 4.69) is 12.2 Å². The first-order chi connectivity index (χ1) is 14.9. The maximum absolute atomic E-state index is 15.5. The summed E-state index contributed by atoms with van der Waals surface area (Å²) in [7, 11) is 0. The maximum atomic E-state index is 15.5. The van der Waals surface area contributed by atoms with Gasteiger partial charge in [-0.3, -0.25) is 9.20 Å². The molecule has 0 bridgehead atoms. The standard InChI is InChI=1S/C22H18FN3O4S/c23-14-5-13-16-19(17(14)25-6-11-3-1-2-4-22(11,9-24)10-25)30-7-12-8-31-20(26(12)16)15(18(13)27)21(28)29/h1-5,8,11H,6-7,9-10,24H2,(H,28,29). The summed E-state index contributed by atoms with van der Waals surface area (Å²) < 4.78 is 23.2. The number of thiazole rings is 1. The van der Waals surface area contributed by atoms with Gasteiger partial charge in [-0.25, -0.2) is 9.18 Å². The van der Waals surface area contributed by atoms with Crippen molar-refractivity contribution in [1.82, 2.24) is 4.40 Å². The second-order valence-electron chi connectivity index (χ2n) is 8.27. The molecule has 3 N–H and O–H groups in total. The number of nitrogens with zero attached hydrogens (tertiary/aromatic N) is 2. The van der Waals surface area contributed by atoms with Crippen LogP contribution in [0, 0.1) is 17.2 Å². The van der Waals surface area contributed by atoms with E-state index in [1.807, 2.05) is 17.1 Å². The molecule has 1 aromatic carbocycles. The lowest BCUT2D eigenvalue weighted by Crippen LogP contribution is -2.37. The number of hydrogen-bond donors (Lipinski definition) is 2. The van der Waals surface area contributed by atoms with Crippen LogP contribution in [0.25, 0.3) is 15.7 Å². The van der Waals surface area contributed by atoms with Gasteiger partial charge in [0.15, 0.2) is 11.6 Å². The fraction of sp³-hybridized carbons (Fsp3) is 0.273. The van der Waals surface area contributed by atoms with Crippen molar-refractivity contribution >= 4 is 38.7 Å². The molecule has 9 heteroatoms. The van der Waals surface area contributed by atoms with E-state index in [1.165, 1.54) is 11.3 Å². The molecule has 0 radical (unpaired) electrons. The molecule has 31 heavy (non-hydrogen) atoms. The van der Waals surface area contributed by atoms with E-state index in [-0.39, 0.29) is 34.6 Å². The smallest absolute Gasteiger partial charge is 0.342 e. The number of allylic oxidation sites excluding steroid dienone is 2. The number of rotatable bonds is 3. The number of halogens is 1. The Balaban J connectivity index is 1.65. The Kier molecular flexibility index (Phi) is 3.70. The van der Waals surface area contributed by atoms with Crippen LogP contribution in [0.15, 0.2) is 40.5 Å². The minimum Gasteiger partial charge on any atom is -0.483 e. The molecule has 1 fully saturated rings. The van der Waals surface area contributed by atoms with Crippen molar-refractivity contribution < 1.29 is 19.0 Å². The molecule has 0 amide bonds. The van der Waals surface area contributed by atoms with Crippen LogP contribution in [0.4, 0.5) is 10.1 Å². The lowest BCUT2D eigenvalue weighted by atomic mass is 9.75. The van der Waals surface area contributed by atoms with Gasteiger partial charge in [-0.15, -0.1) is 11.3 Å². The average Bonchev–Trinajstić information content (AvgIpc) is 3.34. The molecule has 3 aliphatic rings. The number of aromatic carboxylic acids is 1. The molecule has 7 nitrogen and oxygen atoms in total. The van der Waals surface area contributed by atoms with E-state index in [0.29, 0.717) is 35.7 Å². The van der Waals surface area contributed by atoms with Gasteiger partial charge in [-0.05, 0) is 6.07 Å². The Bertz CT molecular complexity index is 1420. The average molecular weight is 439 g/mol. The summed E-state index contributed by atoms with van der Waals surface area (Å²) in [4.78, 5) is 27.1. The lowest BCUT2D eigenvalue weighted by Gasteiger charge is -2.30. The van der Waals surface area contributed by atoms with Crippen LogP contribution < -0.4 is 20.8 Å². The zero-order valence-corrected chi connectivity index (χ0v) is 17.1. The van der Waals surface area contributed by atoms with Crippen molar-refractivity contribution in [2.75, 3.05) is 24.5 Å². The number of pyridine rings is 1. The molecule has 2 unspecified atom stereocenters. The minimum atomic E-state index is -1.32. The quantitative estimate of drug-likeness (QED) is 0.651. The Hall–Kier alpha value is -3.17. The number of ether oxygens (including phenoxy) is 1.